The summed E-state index contributed by atoms with van der Waals surface area (Å²) in [6.07, 6.45) is 1.14. The molecule has 0 aliphatic carbocycles. The molecule has 0 fully saturated rings. The van der Waals surface area contributed by atoms with Crippen molar-refractivity contribution in [3.05, 3.63) is 41.3 Å². The maximum Gasteiger partial charge on any atom is 0.341 e. The van der Waals surface area contributed by atoms with E-state index in [-0.39, 0.29) is 23.0 Å². The molecule has 2 aromatic rings. The van der Waals surface area contributed by atoms with Crippen LogP contribution in [-0.2, 0) is 0 Å². The molecule has 2 rings (SSSR count). The Morgan fingerprint density at radius 2 is 2.17 bits per heavy atom. The monoisotopic (exact) mass is 247 g/mol. The van der Waals surface area contributed by atoms with Gasteiger partial charge in [0.1, 0.15) is 17.2 Å². The zero-order valence-electron chi connectivity index (χ0n) is 9.51. The molecule has 5 nitrogen and oxygen atoms in total. The molecule has 3 N–H and O–H groups in total. The van der Waals surface area contributed by atoms with E-state index in [1.807, 2.05) is 0 Å². The second-order valence-corrected chi connectivity index (χ2v) is 3.76. The van der Waals surface area contributed by atoms with Gasteiger partial charge in [0, 0.05) is 11.8 Å². The van der Waals surface area contributed by atoms with Crippen molar-refractivity contribution in [3.63, 3.8) is 0 Å². The number of nitrogens with two attached hydrogens (primary N) is 1. The van der Waals surface area contributed by atoms with E-state index in [2.05, 4.69) is 9.97 Å². The molecular weight excluding hydrogens is 237 g/mol. The number of nitrogen functional groups attached to an aromatic ring is 1. The molecule has 0 atom stereocenters. The summed E-state index contributed by atoms with van der Waals surface area (Å²) < 4.78 is 13.1. The first-order chi connectivity index (χ1) is 8.49. The molecule has 6 heteroatoms. The van der Waals surface area contributed by atoms with Gasteiger partial charge in [-0.3, -0.25) is 0 Å². The fourth-order valence-electron chi connectivity index (χ4n) is 1.48. The van der Waals surface area contributed by atoms with Crippen molar-refractivity contribution in [1.29, 1.82) is 0 Å². The van der Waals surface area contributed by atoms with Gasteiger partial charge in [0.15, 0.2) is 5.82 Å². The van der Waals surface area contributed by atoms with E-state index in [9.17, 15) is 9.18 Å². The van der Waals surface area contributed by atoms with E-state index in [1.165, 1.54) is 12.1 Å². The zero-order valence-corrected chi connectivity index (χ0v) is 9.51. The average Bonchev–Trinajstić information content (AvgIpc) is 2.32. The Kier molecular flexibility index (Phi) is 2.93. The number of nitrogens with zero attached hydrogens (tertiary/aromatic N) is 2. The number of carbonyl (C=O) groups is 1. The standard InChI is InChI=1S/C12H10FN3O2/c1-6-4-7(2-3-9(6)13)11-15-5-8(12(17)18)10(14)16-11/h2-5H,1H3,(H,17,18)(H2,14,15,16). The van der Waals surface area contributed by atoms with Crippen LogP contribution < -0.4 is 5.73 Å². The average molecular weight is 247 g/mol. The fraction of sp³-hybridized carbons (Fsp3) is 0.0833. The van der Waals surface area contributed by atoms with Gasteiger partial charge in [0.2, 0.25) is 0 Å². The van der Waals surface area contributed by atoms with Gasteiger partial charge in [0.25, 0.3) is 0 Å². The Balaban J connectivity index is 2.48. The van der Waals surface area contributed by atoms with E-state index in [0.29, 0.717) is 11.1 Å². The predicted octanol–water partition coefficient (Wildman–Crippen LogP) is 1.87. The van der Waals surface area contributed by atoms with Crippen LogP contribution in [0.2, 0.25) is 0 Å². The van der Waals surface area contributed by atoms with Gasteiger partial charge >= 0.3 is 5.97 Å². The topological polar surface area (TPSA) is 89.1 Å². The van der Waals surface area contributed by atoms with Gasteiger partial charge in [-0.25, -0.2) is 19.2 Å². The van der Waals surface area contributed by atoms with Crippen LogP contribution in [0.3, 0.4) is 0 Å². The molecule has 1 heterocycles. The molecule has 18 heavy (non-hydrogen) atoms. The van der Waals surface area contributed by atoms with Crippen LogP contribution in [0.1, 0.15) is 15.9 Å². The number of hydrogen-bond donors (Lipinski definition) is 2. The minimum atomic E-state index is -1.19. The minimum Gasteiger partial charge on any atom is -0.477 e. The molecule has 0 amide bonds. The van der Waals surface area contributed by atoms with Crippen molar-refractivity contribution < 1.29 is 14.3 Å². The summed E-state index contributed by atoms with van der Waals surface area (Å²) in [7, 11) is 0. The summed E-state index contributed by atoms with van der Waals surface area (Å²) in [6, 6.07) is 4.39. The number of aryl methyl sites for hydroxylation is 1. The van der Waals surface area contributed by atoms with Crippen LogP contribution in [0.5, 0.6) is 0 Å². The molecule has 0 bridgehead atoms. The third-order valence-electron chi connectivity index (χ3n) is 2.46. The highest BCUT2D eigenvalue weighted by molar-refractivity contribution is 5.92. The molecular formula is C12H10FN3O2. The number of hydrogen-bond acceptors (Lipinski definition) is 4. The molecule has 0 spiro atoms. The van der Waals surface area contributed by atoms with Crippen molar-refractivity contribution in [2.24, 2.45) is 0 Å². The van der Waals surface area contributed by atoms with E-state index in [1.54, 1.807) is 13.0 Å². The van der Waals surface area contributed by atoms with E-state index in [0.717, 1.165) is 6.20 Å². The number of aromatic nitrogens is 2. The lowest BCUT2D eigenvalue weighted by Crippen LogP contribution is -2.06. The molecule has 92 valence electrons. The Morgan fingerprint density at radius 1 is 1.44 bits per heavy atom. The number of benzene rings is 1. The number of carboxylic acids is 1. The molecule has 0 radical (unpaired) electrons. The first-order valence-electron chi connectivity index (χ1n) is 5.11. The molecule has 0 saturated carbocycles. The van der Waals surface area contributed by atoms with Gasteiger partial charge in [-0.2, -0.15) is 0 Å². The van der Waals surface area contributed by atoms with E-state index < -0.39 is 5.97 Å². The highest BCUT2D eigenvalue weighted by atomic mass is 19.1. The van der Waals surface area contributed by atoms with Crippen LogP contribution in [0, 0.1) is 12.7 Å². The van der Waals surface area contributed by atoms with Gasteiger partial charge in [-0.1, -0.05) is 0 Å². The van der Waals surface area contributed by atoms with Crippen molar-refractivity contribution in [1.82, 2.24) is 9.97 Å². The SMILES string of the molecule is Cc1cc(-c2ncc(C(=O)O)c(N)n2)ccc1F. The maximum atomic E-state index is 13.1. The first-order valence-corrected chi connectivity index (χ1v) is 5.11. The number of anilines is 1. The Labute approximate surface area is 102 Å². The lowest BCUT2D eigenvalue weighted by molar-refractivity contribution is 0.0697. The highest BCUT2D eigenvalue weighted by Crippen LogP contribution is 2.20. The summed E-state index contributed by atoms with van der Waals surface area (Å²) >= 11 is 0. The predicted molar refractivity (Wildman–Crippen MR) is 63.5 cm³/mol. The summed E-state index contributed by atoms with van der Waals surface area (Å²) in [4.78, 5) is 18.6. The normalized spacial score (nSPS) is 10.3. The Morgan fingerprint density at radius 3 is 2.72 bits per heavy atom. The molecule has 0 unspecified atom stereocenters. The van der Waals surface area contributed by atoms with Crippen molar-refractivity contribution in [2.75, 3.05) is 5.73 Å². The summed E-state index contributed by atoms with van der Waals surface area (Å²) in [5.74, 6) is -1.36. The van der Waals surface area contributed by atoms with Gasteiger partial charge < -0.3 is 10.8 Å². The van der Waals surface area contributed by atoms with Crippen LogP contribution in [0.25, 0.3) is 11.4 Å². The molecule has 1 aromatic heterocycles. The van der Waals surface area contributed by atoms with E-state index in [4.69, 9.17) is 10.8 Å². The lowest BCUT2D eigenvalue weighted by Gasteiger charge is -2.05. The van der Waals surface area contributed by atoms with Crippen molar-refractivity contribution in [3.8, 4) is 11.4 Å². The van der Waals surface area contributed by atoms with Gasteiger partial charge in [0.05, 0.1) is 0 Å². The van der Waals surface area contributed by atoms with Crippen LogP contribution in [0.4, 0.5) is 10.2 Å². The minimum absolute atomic E-state index is 0.116. The number of halogens is 1. The number of rotatable bonds is 2. The second-order valence-electron chi connectivity index (χ2n) is 3.76. The molecule has 0 saturated heterocycles. The van der Waals surface area contributed by atoms with Gasteiger partial charge in [-0.15, -0.1) is 0 Å². The van der Waals surface area contributed by atoms with Crippen molar-refractivity contribution >= 4 is 11.8 Å². The number of aromatic carboxylic acids is 1. The maximum absolute atomic E-state index is 13.1. The highest BCUT2D eigenvalue weighted by Gasteiger charge is 2.12. The Hall–Kier alpha value is -2.50. The lowest BCUT2D eigenvalue weighted by atomic mass is 10.1. The quantitative estimate of drug-likeness (QED) is 0.845. The Bertz CT molecular complexity index is 629. The zero-order chi connectivity index (χ0) is 13.3. The number of carboxylic acid groups (broad SMARTS) is 1. The third-order valence-corrected chi connectivity index (χ3v) is 2.46. The third kappa shape index (κ3) is 2.13. The summed E-state index contributed by atoms with van der Waals surface area (Å²) in [5.41, 5.74) is 6.40. The summed E-state index contributed by atoms with van der Waals surface area (Å²) in [5, 5.41) is 8.80. The second kappa shape index (κ2) is 4.40. The molecule has 1 aromatic carbocycles. The molecule has 0 aliphatic heterocycles. The van der Waals surface area contributed by atoms with Gasteiger partial charge in [-0.05, 0) is 30.7 Å². The largest absolute Gasteiger partial charge is 0.477 e. The van der Waals surface area contributed by atoms with E-state index >= 15 is 0 Å². The van der Waals surface area contributed by atoms with Crippen LogP contribution in [0.15, 0.2) is 24.4 Å². The van der Waals surface area contributed by atoms with Crippen molar-refractivity contribution in [2.45, 2.75) is 6.92 Å². The first kappa shape index (κ1) is 12.0. The fourth-order valence-corrected chi connectivity index (χ4v) is 1.48. The van der Waals surface area contributed by atoms with Crippen LogP contribution >= 0.6 is 0 Å². The van der Waals surface area contributed by atoms with Crippen LogP contribution in [-0.4, -0.2) is 21.0 Å². The smallest absolute Gasteiger partial charge is 0.341 e. The molecule has 0 aliphatic rings. The summed E-state index contributed by atoms with van der Waals surface area (Å²) in [6.45, 7) is 1.62.